The third-order valence-electron chi connectivity index (χ3n) is 4.64. The number of carbonyl (C=O) groups is 1. The maximum atomic E-state index is 13.2. The van der Waals surface area contributed by atoms with Gasteiger partial charge in [-0.2, -0.15) is 0 Å². The molecular weight excluding hydrogens is 324 g/mol. The van der Waals surface area contributed by atoms with Gasteiger partial charge in [-0.15, -0.1) is 0 Å². The Morgan fingerprint density at radius 2 is 1.88 bits per heavy atom. The fourth-order valence-corrected chi connectivity index (χ4v) is 3.16. The summed E-state index contributed by atoms with van der Waals surface area (Å²) in [5, 5.41) is 4.53. The van der Waals surface area contributed by atoms with Gasteiger partial charge in [-0.1, -0.05) is 30.8 Å². The van der Waals surface area contributed by atoms with Crippen LogP contribution in [0.15, 0.2) is 49.1 Å². The van der Waals surface area contributed by atoms with Crippen LogP contribution in [0.25, 0.3) is 10.8 Å². The van der Waals surface area contributed by atoms with Crippen LogP contribution in [0.1, 0.15) is 25.7 Å². The van der Waals surface area contributed by atoms with Gasteiger partial charge in [-0.05, 0) is 37.0 Å². The van der Waals surface area contributed by atoms with Crippen LogP contribution in [0.4, 0.5) is 14.5 Å². The lowest BCUT2D eigenvalue weighted by Gasteiger charge is -2.28. The van der Waals surface area contributed by atoms with Crippen molar-refractivity contribution in [2.24, 2.45) is 5.92 Å². The minimum atomic E-state index is -2.52. The van der Waals surface area contributed by atoms with Crippen LogP contribution in [-0.2, 0) is 4.79 Å². The number of amides is 1. The number of ether oxygens (including phenoxy) is 1. The van der Waals surface area contributed by atoms with Gasteiger partial charge in [-0.3, -0.25) is 4.79 Å². The van der Waals surface area contributed by atoms with E-state index in [1.54, 1.807) is 12.1 Å². The van der Waals surface area contributed by atoms with Crippen molar-refractivity contribution < 1.29 is 18.3 Å². The van der Waals surface area contributed by atoms with Crippen LogP contribution >= 0.6 is 0 Å². The smallest absolute Gasteiger partial charge is 0.248 e. The summed E-state index contributed by atoms with van der Waals surface area (Å²) in [5.74, 6) is -1.95. The van der Waals surface area contributed by atoms with E-state index in [4.69, 9.17) is 4.74 Å². The molecule has 1 fully saturated rings. The van der Waals surface area contributed by atoms with Gasteiger partial charge < -0.3 is 10.1 Å². The molecule has 0 radical (unpaired) electrons. The summed E-state index contributed by atoms with van der Waals surface area (Å²) < 4.78 is 32.4. The fourth-order valence-electron chi connectivity index (χ4n) is 3.16. The monoisotopic (exact) mass is 345 g/mol. The topological polar surface area (TPSA) is 38.3 Å². The SMILES string of the molecule is C=CC(=O)Nc1ccc(OCC2CCC(F)(F)CC2)c2ccccc12. The first-order chi connectivity index (χ1) is 12.0. The second-order valence-electron chi connectivity index (χ2n) is 6.46. The number of hydrogen-bond donors (Lipinski definition) is 1. The first-order valence-electron chi connectivity index (χ1n) is 8.44. The third-order valence-corrected chi connectivity index (χ3v) is 4.64. The van der Waals surface area contributed by atoms with E-state index >= 15 is 0 Å². The van der Waals surface area contributed by atoms with Gasteiger partial charge in [0.25, 0.3) is 0 Å². The number of fused-ring (bicyclic) bond motifs is 1. The van der Waals surface area contributed by atoms with Crippen LogP contribution in [-0.4, -0.2) is 18.4 Å². The average molecular weight is 345 g/mol. The van der Waals surface area contributed by atoms with E-state index in [1.807, 2.05) is 24.3 Å². The van der Waals surface area contributed by atoms with Crippen LogP contribution in [0, 0.1) is 5.92 Å². The molecule has 0 unspecified atom stereocenters. The number of hydrogen-bond acceptors (Lipinski definition) is 2. The predicted octanol–water partition coefficient (Wildman–Crippen LogP) is 5.17. The zero-order valence-corrected chi connectivity index (χ0v) is 13.9. The highest BCUT2D eigenvalue weighted by Gasteiger charge is 2.35. The fraction of sp³-hybridized carbons (Fsp3) is 0.350. The summed E-state index contributed by atoms with van der Waals surface area (Å²) >= 11 is 0. The largest absolute Gasteiger partial charge is 0.493 e. The number of alkyl halides is 2. The molecule has 2 aromatic rings. The molecule has 2 aromatic carbocycles. The van der Waals surface area contributed by atoms with Crippen LogP contribution in [0.3, 0.4) is 0 Å². The molecular formula is C20H21F2NO2. The molecule has 0 saturated heterocycles. The summed E-state index contributed by atoms with van der Waals surface area (Å²) in [7, 11) is 0. The number of carbonyl (C=O) groups excluding carboxylic acids is 1. The van der Waals surface area contributed by atoms with E-state index in [9.17, 15) is 13.6 Å². The Bertz CT molecular complexity index is 778. The zero-order chi connectivity index (χ0) is 17.9. The van der Waals surface area contributed by atoms with Crippen molar-refractivity contribution in [1.29, 1.82) is 0 Å². The number of rotatable bonds is 5. The molecule has 25 heavy (non-hydrogen) atoms. The summed E-state index contributed by atoms with van der Waals surface area (Å²) in [6, 6.07) is 11.2. The van der Waals surface area contributed by atoms with E-state index < -0.39 is 5.92 Å². The number of halogens is 2. The molecule has 0 atom stereocenters. The average Bonchev–Trinajstić information content (AvgIpc) is 2.62. The molecule has 1 amide bonds. The minimum absolute atomic E-state index is 0.0612. The number of anilines is 1. The van der Waals surface area contributed by atoms with E-state index in [0.717, 1.165) is 10.8 Å². The summed E-state index contributed by atoms with van der Waals surface area (Å²) in [4.78, 5) is 11.6. The normalized spacial score (nSPS) is 17.2. The maximum Gasteiger partial charge on any atom is 0.248 e. The van der Waals surface area contributed by atoms with Gasteiger partial charge in [-0.25, -0.2) is 8.78 Å². The van der Waals surface area contributed by atoms with E-state index in [2.05, 4.69) is 11.9 Å². The predicted molar refractivity (Wildman–Crippen MR) is 95.2 cm³/mol. The molecule has 3 rings (SSSR count). The van der Waals surface area contributed by atoms with Crippen LogP contribution in [0.2, 0.25) is 0 Å². The van der Waals surface area contributed by atoms with E-state index in [-0.39, 0.29) is 24.7 Å². The highest BCUT2D eigenvalue weighted by Crippen LogP contribution is 2.37. The van der Waals surface area contributed by atoms with Gasteiger partial charge in [0, 0.05) is 29.3 Å². The Morgan fingerprint density at radius 3 is 2.56 bits per heavy atom. The first kappa shape index (κ1) is 17.4. The summed E-state index contributed by atoms with van der Waals surface area (Å²) in [5.41, 5.74) is 0.685. The molecule has 0 bridgehead atoms. The lowest BCUT2D eigenvalue weighted by atomic mass is 9.87. The lowest BCUT2D eigenvalue weighted by molar-refractivity contribution is -0.111. The molecule has 132 valence electrons. The number of nitrogens with one attached hydrogen (secondary N) is 1. The molecule has 1 aliphatic rings. The molecule has 5 heteroatoms. The quantitative estimate of drug-likeness (QED) is 0.759. The Morgan fingerprint density at radius 1 is 1.20 bits per heavy atom. The molecule has 1 N–H and O–H groups in total. The second-order valence-corrected chi connectivity index (χ2v) is 6.46. The van der Waals surface area contributed by atoms with Crippen molar-refractivity contribution >= 4 is 22.4 Å². The van der Waals surface area contributed by atoms with Gasteiger partial charge in [0.2, 0.25) is 11.8 Å². The second kappa shape index (κ2) is 7.21. The van der Waals surface area contributed by atoms with Crippen molar-refractivity contribution in [3.63, 3.8) is 0 Å². The molecule has 1 aliphatic carbocycles. The van der Waals surface area contributed by atoms with Crippen molar-refractivity contribution in [1.82, 2.24) is 0 Å². The van der Waals surface area contributed by atoms with Crippen LogP contribution in [0.5, 0.6) is 5.75 Å². The molecule has 1 saturated carbocycles. The highest BCUT2D eigenvalue weighted by molar-refractivity contribution is 6.07. The maximum absolute atomic E-state index is 13.2. The first-order valence-corrected chi connectivity index (χ1v) is 8.44. The molecule has 0 spiro atoms. The minimum Gasteiger partial charge on any atom is -0.493 e. The van der Waals surface area contributed by atoms with E-state index in [0.29, 0.717) is 30.9 Å². The summed E-state index contributed by atoms with van der Waals surface area (Å²) in [6.07, 6.45) is 2.07. The van der Waals surface area contributed by atoms with Crippen molar-refractivity contribution in [2.75, 3.05) is 11.9 Å². The van der Waals surface area contributed by atoms with E-state index in [1.165, 1.54) is 6.08 Å². The molecule has 0 aromatic heterocycles. The Labute approximate surface area is 145 Å². The lowest BCUT2D eigenvalue weighted by Crippen LogP contribution is -2.27. The van der Waals surface area contributed by atoms with Crippen molar-refractivity contribution in [2.45, 2.75) is 31.6 Å². The standard InChI is InChI=1S/C20H21F2NO2/c1-2-19(24)23-17-7-8-18(16-6-4-3-5-15(16)17)25-13-14-9-11-20(21,22)12-10-14/h2-8,14H,1,9-13H2,(H,23,24). The van der Waals surface area contributed by atoms with Crippen LogP contribution < -0.4 is 10.1 Å². The van der Waals surface area contributed by atoms with Gasteiger partial charge in [0.15, 0.2) is 0 Å². The van der Waals surface area contributed by atoms with Gasteiger partial charge in [0.1, 0.15) is 5.75 Å². The Kier molecular flexibility index (Phi) is 5.02. The summed E-state index contributed by atoms with van der Waals surface area (Å²) in [6.45, 7) is 3.88. The molecule has 3 nitrogen and oxygen atoms in total. The zero-order valence-electron chi connectivity index (χ0n) is 13.9. The molecule has 0 aliphatic heterocycles. The van der Waals surface area contributed by atoms with Gasteiger partial charge >= 0.3 is 0 Å². The van der Waals surface area contributed by atoms with Crippen molar-refractivity contribution in [3.8, 4) is 5.75 Å². The third kappa shape index (κ3) is 4.16. The highest BCUT2D eigenvalue weighted by atomic mass is 19.3. The van der Waals surface area contributed by atoms with Gasteiger partial charge in [0.05, 0.1) is 6.61 Å². The molecule has 0 heterocycles. The Hall–Kier alpha value is -2.43. The number of benzene rings is 2. The van der Waals surface area contributed by atoms with Crippen molar-refractivity contribution in [3.05, 3.63) is 49.1 Å². The Balaban J connectivity index is 1.75.